The number of carbonyl (C=O) groups is 1. The van der Waals surface area contributed by atoms with Crippen molar-refractivity contribution in [2.24, 2.45) is 5.92 Å². The van der Waals surface area contributed by atoms with Crippen molar-refractivity contribution in [2.75, 3.05) is 26.7 Å². The molecule has 0 radical (unpaired) electrons. The van der Waals surface area contributed by atoms with E-state index in [-0.39, 0.29) is 5.91 Å². The Morgan fingerprint density at radius 1 is 1.18 bits per heavy atom. The number of carbonyl (C=O) groups excluding carboxylic acids is 1. The number of rotatable bonds is 5. The van der Waals surface area contributed by atoms with E-state index in [0.717, 1.165) is 25.4 Å². The van der Waals surface area contributed by atoms with Crippen LogP contribution in [-0.2, 0) is 11.3 Å². The first kappa shape index (κ1) is 17.7. The average molecular weight is 380 g/mol. The van der Waals surface area contributed by atoms with E-state index in [1.807, 2.05) is 29.1 Å². The van der Waals surface area contributed by atoms with E-state index in [1.54, 1.807) is 13.3 Å². The van der Waals surface area contributed by atoms with Crippen molar-refractivity contribution in [3.05, 3.63) is 48.3 Å². The fourth-order valence-electron chi connectivity index (χ4n) is 5.74. The van der Waals surface area contributed by atoms with Gasteiger partial charge in [0.25, 0.3) is 0 Å². The second kappa shape index (κ2) is 7.24. The summed E-state index contributed by atoms with van der Waals surface area (Å²) in [6.45, 7) is 3.76. The van der Waals surface area contributed by atoms with Crippen LogP contribution in [0.15, 0.2) is 42.7 Å². The van der Waals surface area contributed by atoms with Gasteiger partial charge in [0.1, 0.15) is 5.75 Å². The van der Waals surface area contributed by atoms with E-state index in [1.165, 1.54) is 18.4 Å². The van der Waals surface area contributed by atoms with Gasteiger partial charge in [-0.15, -0.1) is 0 Å². The van der Waals surface area contributed by atoms with Gasteiger partial charge >= 0.3 is 0 Å². The van der Waals surface area contributed by atoms with Gasteiger partial charge in [0.05, 0.1) is 13.2 Å². The van der Waals surface area contributed by atoms with Crippen LogP contribution in [0.2, 0.25) is 0 Å². The first-order valence-corrected chi connectivity index (χ1v) is 10.4. The molecule has 0 saturated carbocycles. The zero-order valence-electron chi connectivity index (χ0n) is 16.4. The van der Waals surface area contributed by atoms with Crippen LogP contribution in [0, 0.1) is 5.92 Å². The van der Waals surface area contributed by atoms with E-state index in [0.29, 0.717) is 36.9 Å². The summed E-state index contributed by atoms with van der Waals surface area (Å²) < 4.78 is 7.52. The molecule has 2 aromatic rings. The van der Waals surface area contributed by atoms with Crippen molar-refractivity contribution in [3.8, 4) is 5.75 Å². The lowest BCUT2D eigenvalue weighted by Gasteiger charge is -2.51. The molecule has 6 nitrogen and oxygen atoms in total. The first-order chi connectivity index (χ1) is 13.8. The summed E-state index contributed by atoms with van der Waals surface area (Å²) in [7, 11) is 1.74. The highest BCUT2D eigenvalue weighted by molar-refractivity contribution is 5.77. The molecule has 5 heterocycles. The van der Waals surface area contributed by atoms with Crippen molar-refractivity contribution in [1.82, 2.24) is 19.6 Å². The van der Waals surface area contributed by atoms with Gasteiger partial charge in [-0.2, -0.15) is 5.10 Å². The van der Waals surface area contributed by atoms with E-state index < -0.39 is 0 Å². The van der Waals surface area contributed by atoms with Gasteiger partial charge in [0, 0.05) is 49.4 Å². The third-order valence-electron chi connectivity index (χ3n) is 6.97. The number of aromatic nitrogens is 2. The first-order valence-electron chi connectivity index (χ1n) is 10.4. The molecule has 1 aromatic heterocycles. The van der Waals surface area contributed by atoms with Gasteiger partial charge in [0.2, 0.25) is 5.91 Å². The van der Waals surface area contributed by atoms with Gasteiger partial charge < -0.3 is 9.64 Å². The molecule has 4 saturated heterocycles. The number of hydrogen-bond donors (Lipinski definition) is 0. The second-order valence-corrected chi connectivity index (χ2v) is 8.27. The molecule has 4 fully saturated rings. The summed E-state index contributed by atoms with van der Waals surface area (Å²) in [6.07, 6.45) is 6.62. The highest BCUT2D eigenvalue weighted by Crippen LogP contribution is 2.48. The van der Waals surface area contributed by atoms with Crippen LogP contribution in [0.5, 0.6) is 5.75 Å². The number of fused-ring (bicyclic) bond motifs is 2. The molecular formula is C22H28N4O2. The molecule has 1 aromatic carbocycles. The van der Waals surface area contributed by atoms with Crippen molar-refractivity contribution < 1.29 is 9.53 Å². The Kier molecular flexibility index (Phi) is 4.59. The highest BCUT2D eigenvalue weighted by Gasteiger charge is 2.54. The van der Waals surface area contributed by atoms with Crippen molar-refractivity contribution in [3.63, 3.8) is 0 Å². The molecular weight excluding hydrogens is 352 g/mol. The number of benzene rings is 1. The molecule has 0 unspecified atom stereocenters. The van der Waals surface area contributed by atoms with Crippen LogP contribution in [0.4, 0.5) is 0 Å². The Morgan fingerprint density at radius 3 is 2.75 bits per heavy atom. The molecule has 6 heteroatoms. The van der Waals surface area contributed by atoms with E-state index in [2.05, 4.69) is 27.0 Å². The smallest absolute Gasteiger partial charge is 0.224 e. The summed E-state index contributed by atoms with van der Waals surface area (Å²) in [5, 5.41) is 4.24. The molecule has 148 valence electrons. The average Bonchev–Trinajstić information content (AvgIpc) is 3.42. The lowest BCUT2D eigenvalue weighted by molar-refractivity contribution is -0.136. The van der Waals surface area contributed by atoms with Gasteiger partial charge in [-0.25, -0.2) is 0 Å². The molecule has 1 amide bonds. The fraction of sp³-hybridized carbons (Fsp3) is 0.545. The number of para-hydroxylation sites is 1. The predicted octanol–water partition coefficient (Wildman–Crippen LogP) is 2.37. The minimum Gasteiger partial charge on any atom is -0.496 e. The van der Waals surface area contributed by atoms with Gasteiger partial charge in [-0.1, -0.05) is 18.2 Å². The Hall–Kier alpha value is -2.34. The van der Waals surface area contributed by atoms with Crippen LogP contribution >= 0.6 is 0 Å². The quantitative estimate of drug-likeness (QED) is 0.799. The summed E-state index contributed by atoms with van der Waals surface area (Å²) in [5.74, 6) is 2.15. The summed E-state index contributed by atoms with van der Waals surface area (Å²) in [6, 6.07) is 11.0. The van der Waals surface area contributed by atoms with E-state index in [9.17, 15) is 4.79 Å². The van der Waals surface area contributed by atoms with Gasteiger partial charge in [-0.05, 0) is 44.0 Å². The van der Waals surface area contributed by atoms with Crippen LogP contribution in [0.1, 0.15) is 30.7 Å². The maximum atomic E-state index is 13.2. The normalized spacial score (nSPS) is 31.0. The number of hydrogen-bond acceptors (Lipinski definition) is 4. The standard InChI is InChI=1S/C22H28N4O2/c1-28-19-6-3-2-5-17(19)18-15-26(20(27)9-14-25-11-4-10-23-25)21-16-7-12-24(13-8-16)22(18)21/h2-6,10-11,16,18,21-22H,7-9,12-15H2,1H3/t18-,21-,22-/m1/s1. The second-order valence-electron chi connectivity index (χ2n) is 8.27. The fourth-order valence-corrected chi connectivity index (χ4v) is 5.74. The molecule has 6 rings (SSSR count). The third-order valence-corrected chi connectivity index (χ3v) is 6.97. The monoisotopic (exact) mass is 380 g/mol. The zero-order valence-corrected chi connectivity index (χ0v) is 16.4. The number of ether oxygens (including phenoxy) is 1. The van der Waals surface area contributed by atoms with Crippen LogP contribution in [0.3, 0.4) is 0 Å². The van der Waals surface area contributed by atoms with Gasteiger partial charge in [-0.3, -0.25) is 14.4 Å². The molecule has 0 spiro atoms. The Balaban J connectivity index is 1.43. The molecule has 28 heavy (non-hydrogen) atoms. The van der Waals surface area contributed by atoms with Crippen molar-refractivity contribution >= 4 is 5.91 Å². The number of methoxy groups -OCH3 is 1. The minimum atomic E-state index is 0.261. The maximum Gasteiger partial charge on any atom is 0.224 e. The number of amides is 1. The zero-order chi connectivity index (χ0) is 19.1. The molecule has 0 aliphatic carbocycles. The minimum absolute atomic E-state index is 0.261. The lowest BCUT2D eigenvalue weighted by Crippen LogP contribution is -2.60. The number of piperidine rings is 3. The molecule has 2 bridgehead atoms. The van der Waals surface area contributed by atoms with Crippen LogP contribution in [0.25, 0.3) is 0 Å². The molecule has 4 aliphatic heterocycles. The number of aryl methyl sites for hydroxylation is 1. The predicted molar refractivity (Wildman–Crippen MR) is 106 cm³/mol. The maximum absolute atomic E-state index is 13.2. The highest BCUT2D eigenvalue weighted by atomic mass is 16.5. The molecule has 0 N–H and O–H groups in total. The Labute approximate surface area is 166 Å². The summed E-state index contributed by atoms with van der Waals surface area (Å²) >= 11 is 0. The summed E-state index contributed by atoms with van der Waals surface area (Å²) in [5.41, 5.74) is 1.25. The third kappa shape index (κ3) is 2.91. The Bertz CT molecular complexity index is 829. The molecule has 4 aliphatic rings. The number of nitrogens with zero attached hydrogens (tertiary/aromatic N) is 4. The van der Waals surface area contributed by atoms with Gasteiger partial charge in [0.15, 0.2) is 0 Å². The Morgan fingerprint density at radius 2 is 2.00 bits per heavy atom. The lowest BCUT2D eigenvalue weighted by atomic mass is 9.75. The van der Waals surface area contributed by atoms with Crippen molar-refractivity contribution in [2.45, 2.75) is 43.8 Å². The largest absolute Gasteiger partial charge is 0.496 e. The topological polar surface area (TPSA) is 50.6 Å². The summed E-state index contributed by atoms with van der Waals surface area (Å²) in [4.78, 5) is 18.1. The van der Waals surface area contributed by atoms with Crippen molar-refractivity contribution in [1.29, 1.82) is 0 Å². The number of likely N-dealkylation sites (tertiary alicyclic amines) is 1. The van der Waals surface area contributed by atoms with Crippen LogP contribution < -0.4 is 4.74 Å². The molecule has 3 atom stereocenters. The van der Waals surface area contributed by atoms with E-state index in [4.69, 9.17) is 4.74 Å². The van der Waals surface area contributed by atoms with Crippen LogP contribution in [-0.4, -0.2) is 64.3 Å². The van der Waals surface area contributed by atoms with E-state index >= 15 is 0 Å². The SMILES string of the molecule is COc1ccccc1[C@H]1CN(C(=O)CCn2cccn2)[C@@H]2C3CCN(CC3)[C@H]12.